The zero-order valence-corrected chi connectivity index (χ0v) is 15.2. The molecule has 0 radical (unpaired) electrons. The summed E-state index contributed by atoms with van der Waals surface area (Å²) < 4.78 is 11.6. The largest absolute Gasteiger partial charge is 0.508 e. The molecule has 1 aliphatic heterocycles. The van der Waals surface area contributed by atoms with Crippen molar-refractivity contribution in [2.45, 2.75) is 12.0 Å². The third kappa shape index (κ3) is 2.79. The van der Waals surface area contributed by atoms with Crippen molar-refractivity contribution in [2.24, 2.45) is 0 Å². The molecule has 0 saturated carbocycles. The summed E-state index contributed by atoms with van der Waals surface area (Å²) in [6.45, 7) is 0. The normalized spacial score (nSPS) is 17.7. The van der Waals surface area contributed by atoms with Crippen molar-refractivity contribution < 1.29 is 19.1 Å². The van der Waals surface area contributed by atoms with Gasteiger partial charge >= 0.3 is 5.63 Å². The minimum atomic E-state index is -0.942. The first-order valence-corrected chi connectivity index (χ1v) is 9.24. The molecule has 0 fully saturated rings. The van der Waals surface area contributed by atoms with Gasteiger partial charge in [0.25, 0.3) is 0 Å². The SMILES string of the molecule is O=C(c1ccccc1)C1Oc2c(c(=O)oc3ccccc23)C1c1cccc(O)c1. The number of ether oxygens (including phenoxy) is 1. The van der Waals surface area contributed by atoms with Crippen molar-refractivity contribution in [3.63, 3.8) is 0 Å². The molecule has 1 aromatic heterocycles. The molecule has 1 aliphatic rings. The number of carbonyl (C=O) groups is 1. The highest BCUT2D eigenvalue weighted by atomic mass is 16.5. The number of ketones is 1. The lowest BCUT2D eigenvalue weighted by atomic mass is 9.85. The maximum Gasteiger partial charge on any atom is 0.344 e. The zero-order chi connectivity index (χ0) is 20.0. The highest BCUT2D eigenvalue weighted by molar-refractivity contribution is 6.02. The van der Waals surface area contributed by atoms with Crippen molar-refractivity contribution in [3.8, 4) is 11.5 Å². The molecule has 3 aromatic carbocycles. The van der Waals surface area contributed by atoms with Gasteiger partial charge in [0.2, 0.25) is 5.78 Å². The molecule has 2 atom stereocenters. The van der Waals surface area contributed by atoms with Gasteiger partial charge in [-0.25, -0.2) is 4.79 Å². The van der Waals surface area contributed by atoms with Crippen molar-refractivity contribution in [2.75, 3.05) is 0 Å². The molecule has 29 heavy (non-hydrogen) atoms. The van der Waals surface area contributed by atoms with Crippen LogP contribution < -0.4 is 10.4 Å². The lowest BCUT2D eigenvalue weighted by Crippen LogP contribution is -2.31. The second-order valence-corrected chi connectivity index (χ2v) is 6.97. The van der Waals surface area contributed by atoms with E-state index in [0.717, 1.165) is 0 Å². The average Bonchev–Trinajstić information content (AvgIpc) is 3.15. The van der Waals surface area contributed by atoms with Gasteiger partial charge in [0.1, 0.15) is 17.1 Å². The first-order chi connectivity index (χ1) is 14.1. The van der Waals surface area contributed by atoms with Crippen molar-refractivity contribution in [3.05, 3.63) is 106 Å². The summed E-state index contributed by atoms with van der Waals surface area (Å²) in [5.74, 6) is -0.518. The van der Waals surface area contributed by atoms with Crippen LogP contribution in [0.4, 0.5) is 0 Å². The number of para-hydroxylation sites is 1. The van der Waals surface area contributed by atoms with Crippen LogP contribution in [0.25, 0.3) is 11.0 Å². The fourth-order valence-electron chi connectivity index (χ4n) is 3.91. The lowest BCUT2D eigenvalue weighted by molar-refractivity contribution is 0.0808. The molecule has 142 valence electrons. The Kier molecular flexibility index (Phi) is 3.95. The van der Waals surface area contributed by atoms with Crippen LogP contribution in [-0.2, 0) is 0 Å². The zero-order valence-electron chi connectivity index (χ0n) is 15.2. The van der Waals surface area contributed by atoms with Crippen LogP contribution in [0.5, 0.6) is 11.5 Å². The van der Waals surface area contributed by atoms with E-state index < -0.39 is 17.6 Å². The predicted octanol–water partition coefficient (Wildman–Crippen LogP) is 4.27. The molecule has 0 saturated heterocycles. The van der Waals surface area contributed by atoms with Gasteiger partial charge in [-0.1, -0.05) is 54.6 Å². The monoisotopic (exact) mass is 384 g/mol. The lowest BCUT2D eigenvalue weighted by Gasteiger charge is -2.18. The molecule has 0 spiro atoms. The Morgan fingerprint density at radius 3 is 2.45 bits per heavy atom. The number of hydrogen-bond donors (Lipinski definition) is 1. The summed E-state index contributed by atoms with van der Waals surface area (Å²) in [6, 6.07) is 22.4. The Labute approximate surface area is 165 Å². The minimum Gasteiger partial charge on any atom is -0.508 e. The van der Waals surface area contributed by atoms with Gasteiger partial charge in [-0.3, -0.25) is 4.79 Å². The number of rotatable bonds is 3. The molecule has 0 bridgehead atoms. The number of phenolic OH excluding ortho intramolecular Hbond substituents is 1. The molecule has 4 aromatic rings. The average molecular weight is 384 g/mol. The summed E-state index contributed by atoms with van der Waals surface area (Å²) in [5.41, 5.74) is 1.25. The summed E-state index contributed by atoms with van der Waals surface area (Å²) in [6.07, 6.45) is -0.942. The Balaban J connectivity index is 1.75. The van der Waals surface area contributed by atoms with Crippen LogP contribution in [-0.4, -0.2) is 17.0 Å². The van der Waals surface area contributed by atoms with Crippen molar-refractivity contribution in [1.82, 2.24) is 0 Å². The molecule has 2 heterocycles. The molecule has 5 heteroatoms. The van der Waals surface area contributed by atoms with Crippen molar-refractivity contribution in [1.29, 1.82) is 0 Å². The maximum atomic E-state index is 13.3. The smallest absolute Gasteiger partial charge is 0.344 e. The number of fused-ring (bicyclic) bond motifs is 3. The van der Waals surface area contributed by atoms with Crippen LogP contribution in [0.1, 0.15) is 27.4 Å². The van der Waals surface area contributed by atoms with Gasteiger partial charge in [0.15, 0.2) is 6.10 Å². The molecule has 5 rings (SSSR count). The van der Waals surface area contributed by atoms with E-state index in [-0.39, 0.29) is 11.5 Å². The van der Waals surface area contributed by atoms with Gasteiger partial charge in [-0.05, 0) is 29.8 Å². The summed E-state index contributed by atoms with van der Waals surface area (Å²) >= 11 is 0. The van der Waals surface area contributed by atoms with Gasteiger partial charge in [-0.15, -0.1) is 0 Å². The predicted molar refractivity (Wildman–Crippen MR) is 108 cm³/mol. The molecule has 0 aliphatic carbocycles. The van der Waals surface area contributed by atoms with Crippen LogP contribution in [0.15, 0.2) is 88.1 Å². The topological polar surface area (TPSA) is 76.7 Å². The highest BCUT2D eigenvalue weighted by Crippen LogP contribution is 2.45. The quantitative estimate of drug-likeness (QED) is 0.422. The van der Waals surface area contributed by atoms with Crippen LogP contribution in [0.2, 0.25) is 0 Å². The minimum absolute atomic E-state index is 0.0482. The van der Waals surface area contributed by atoms with Gasteiger partial charge in [0.05, 0.1) is 16.9 Å². The number of carbonyl (C=O) groups excluding carboxylic acids is 1. The van der Waals surface area contributed by atoms with Crippen LogP contribution >= 0.6 is 0 Å². The number of phenols is 1. The molecule has 5 nitrogen and oxygen atoms in total. The Bertz CT molecular complexity index is 1290. The molecular formula is C24H16O5. The van der Waals surface area contributed by atoms with Gasteiger partial charge in [0, 0.05) is 5.56 Å². The Morgan fingerprint density at radius 2 is 1.66 bits per heavy atom. The third-order valence-electron chi connectivity index (χ3n) is 5.20. The van der Waals surface area contributed by atoms with E-state index in [0.29, 0.717) is 33.4 Å². The Morgan fingerprint density at radius 1 is 0.897 bits per heavy atom. The van der Waals surface area contributed by atoms with E-state index in [2.05, 4.69) is 0 Å². The summed E-state index contributed by atoms with van der Waals surface area (Å²) in [7, 11) is 0. The first kappa shape index (κ1) is 17.3. The van der Waals surface area contributed by atoms with Crippen molar-refractivity contribution >= 4 is 16.8 Å². The third-order valence-corrected chi connectivity index (χ3v) is 5.20. The summed E-state index contributed by atoms with van der Waals surface area (Å²) in [5, 5.41) is 10.6. The molecule has 0 amide bonds. The van der Waals surface area contributed by atoms with E-state index in [4.69, 9.17) is 9.15 Å². The number of aromatic hydroxyl groups is 1. The second-order valence-electron chi connectivity index (χ2n) is 6.97. The van der Waals surface area contributed by atoms with E-state index >= 15 is 0 Å². The number of hydrogen-bond acceptors (Lipinski definition) is 5. The van der Waals surface area contributed by atoms with E-state index in [9.17, 15) is 14.7 Å². The fourth-order valence-corrected chi connectivity index (χ4v) is 3.91. The standard InChI is InChI=1S/C24H16O5/c25-16-10-6-9-15(13-16)19-20-22(17-11-4-5-12-18(17)28-24(20)27)29-23(19)21(26)14-7-2-1-3-8-14/h1-13,19,23,25H. The van der Waals surface area contributed by atoms with Gasteiger partial charge in [-0.2, -0.15) is 0 Å². The van der Waals surface area contributed by atoms with E-state index in [1.165, 1.54) is 6.07 Å². The van der Waals surface area contributed by atoms with E-state index in [1.54, 1.807) is 60.7 Å². The molecule has 2 unspecified atom stereocenters. The number of benzene rings is 3. The second kappa shape index (κ2) is 6.63. The molecular weight excluding hydrogens is 368 g/mol. The van der Waals surface area contributed by atoms with Crippen LogP contribution in [0, 0.1) is 0 Å². The van der Waals surface area contributed by atoms with Crippen LogP contribution in [0.3, 0.4) is 0 Å². The Hall–Kier alpha value is -3.86. The van der Waals surface area contributed by atoms with Gasteiger partial charge < -0.3 is 14.3 Å². The fraction of sp³-hybridized carbons (Fsp3) is 0.0833. The molecule has 1 N–H and O–H groups in total. The first-order valence-electron chi connectivity index (χ1n) is 9.24. The number of Topliss-reactive ketones (excluding diaryl/α,β-unsaturated/α-hetero) is 1. The highest BCUT2D eigenvalue weighted by Gasteiger charge is 2.44. The maximum absolute atomic E-state index is 13.3. The summed E-state index contributed by atoms with van der Waals surface area (Å²) in [4.78, 5) is 26.2. The van der Waals surface area contributed by atoms with E-state index in [1.807, 2.05) is 12.1 Å².